The van der Waals surface area contributed by atoms with Crippen LogP contribution in [0.2, 0.25) is 0 Å². The molecule has 20 heavy (non-hydrogen) atoms. The van der Waals surface area contributed by atoms with Crippen molar-refractivity contribution in [3.8, 4) is 0 Å². The molecule has 0 saturated carbocycles. The van der Waals surface area contributed by atoms with Gasteiger partial charge >= 0.3 is 0 Å². The summed E-state index contributed by atoms with van der Waals surface area (Å²) < 4.78 is 0. The minimum atomic E-state index is -0.0394. The van der Waals surface area contributed by atoms with Crippen LogP contribution in [0.1, 0.15) is 20.8 Å². The average molecular weight is 289 g/mol. The number of aryl methyl sites for hydroxylation is 1. The number of carbonyl (C=O) groups is 1. The van der Waals surface area contributed by atoms with Gasteiger partial charge in [0.2, 0.25) is 0 Å². The van der Waals surface area contributed by atoms with Crippen LogP contribution in [-0.2, 0) is 6.54 Å². The van der Waals surface area contributed by atoms with Crippen LogP contribution in [0, 0.1) is 6.92 Å². The van der Waals surface area contributed by atoms with E-state index in [-0.39, 0.29) is 5.91 Å². The van der Waals surface area contributed by atoms with Crippen molar-refractivity contribution >= 4 is 22.9 Å². The van der Waals surface area contributed by atoms with E-state index in [1.165, 1.54) is 0 Å². The molecule has 4 N–H and O–H groups in total. The zero-order valence-corrected chi connectivity index (χ0v) is 12.3. The Hall–Kier alpha value is -1.85. The first-order valence-corrected chi connectivity index (χ1v) is 7.42. The monoisotopic (exact) mass is 289 g/mol. The Labute approximate surface area is 123 Å². The van der Waals surface area contributed by atoms with Crippen molar-refractivity contribution in [2.45, 2.75) is 13.5 Å². The first-order chi connectivity index (χ1) is 9.66. The van der Waals surface area contributed by atoms with E-state index >= 15 is 0 Å². The lowest BCUT2D eigenvalue weighted by Crippen LogP contribution is -2.31. The molecule has 0 radical (unpaired) electrons. The number of nitrogens with two attached hydrogens (primary N) is 1. The van der Waals surface area contributed by atoms with Gasteiger partial charge in [-0.3, -0.25) is 4.79 Å². The molecule has 1 heterocycles. The van der Waals surface area contributed by atoms with Crippen molar-refractivity contribution in [3.63, 3.8) is 0 Å². The second kappa shape index (κ2) is 7.07. The zero-order chi connectivity index (χ0) is 14.4. The Bertz CT molecular complexity index is 563. The minimum Gasteiger partial charge on any atom is -0.398 e. The highest BCUT2D eigenvalue weighted by atomic mass is 32.1. The molecule has 2 rings (SSSR count). The molecule has 1 aromatic carbocycles. The number of anilines is 1. The van der Waals surface area contributed by atoms with Crippen LogP contribution < -0.4 is 16.4 Å². The molecule has 0 saturated heterocycles. The fraction of sp³-hybridized carbons (Fsp3) is 0.267. The third-order valence-corrected chi connectivity index (χ3v) is 3.90. The molecule has 0 bridgehead atoms. The number of nitrogen functional groups attached to an aromatic ring is 1. The number of benzene rings is 1. The molecule has 1 aromatic heterocycles. The maximum Gasteiger partial charge on any atom is 0.251 e. The SMILES string of the molecule is Cc1ccc(C(=O)NCCNCc2sccc2N)cc1. The second-order valence-electron chi connectivity index (χ2n) is 4.60. The van der Waals surface area contributed by atoms with E-state index in [1.54, 1.807) is 11.3 Å². The van der Waals surface area contributed by atoms with Crippen LogP contribution in [0.4, 0.5) is 5.69 Å². The normalized spacial score (nSPS) is 10.4. The molecule has 0 fully saturated rings. The lowest BCUT2D eigenvalue weighted by molar-refractivity contribution is 0.0954. The molecule has 0 aliphatic carbocycles. The van der Waals surface area contributed by atoms with E-state index in [4.69, 9.17) is 5.73 Å². The van der Waals surface area contributed by atoms with Gasteiger partial charge in [-0.05, 0) is 30.5 Å². The number of hydrogen-bond acceptors (Lipinski definition) is 4. The fourth-order valence-electron chi connectivity index (χ4n) is 1.77. The van der Waals surface area contributed by atoms with E-state index in [0.717, 1.165) is 29.2 Å². The molecule has 2 aromatic rings. The quantitative estimate of drug-likeness (QED) is 0.714. The summed E-state index contributed by atoms with van der Waals surface area (Å²) in [5.41, 5.74) is 8.46. The molecule has 1 amide bonds. The van der Waals surface area contributed by atoms with Crippen molar-refractivity contribution in [1.29, 1.82) is 0 Å². The molecule has 0 atom stereocenters. The van der Waals surface area contributed by atoms with Gasteiger partial charge in [0.15, 0.2) is 0 Å². The van der Waals surface area contributed by atoms with Crippen LogP contribution in [0.5, 0.6) is 0 Å². The number of rotatable bonds is 6. The van der Waals surface area contributed by atoms with Crippen LogP contribution >= 0.6 is 11.3 Å². The van der Waals surface area contributed by atoms with Crippen molar-refractivity contribution < 1.29 is 4.79 Å². The third-order valence-electron chi connectivity index (χ3n) is 2.97. The molecular formula is C15H19N3OS. The largest absolute Gasteiger partial charge is 0.398 e. The lowest BCUT2D eigenvalue weighted by atomic mass is 10.1. The summed E-state index contributed by atoms with van der Waals surface area (Å²) in [5.74, 6) is -0.0394. The molecule has 0 spiro atoms. The van der Waals surface area contributed by atoms with E-state index in [2.05, 4.69) is 10.6 Å². The Balaban J connectivity index is 1.67. The molecular weight excluding hydrogens is 270 g/mol. The van der Waals surface area contributed by atoms with Crippen LogP contribution in [0.3, 0.4) is 0 Å². The standard InChI is InChI=1S/C15H19N3OS/c1-11-2-4-12(5-3-11)15(19)18-8-7-17-10-14-13(16)6-9-20-14/h2-6,9,17H,7-8,10,16H2,1H3,(H,18,19). The molecule has 0 aliphatic rings. The maximum atomic E-state index is 11.8. The Morgan fingerprint density at radius 2 is 1.95 bits per heavy atom. The average Bonchev–Trinajstić information content (AvgIpc) is 2.84. The van der Waals surface area contributed by atoms with E-state index in [9.17, 15) is 4.79 Å². The second-order valence-corrected chi connectivity index (χ2v) is 5.60. The first-order valence-electron chi connectivity index (χ1n) is 6.54. The van der Waals surface area contributed by atoms with Gasteiger partial charge in [0, 0.05) is 35.8 Å². The molecule has 4 nitrogen and oxygen atoms in total. The molecule has 0 aliphatic heterocycles. The highest BCUT2D eigenvalue weighted by molar-refractivity contribution is 7.10. The van der Waals surface area contributed by atoms with Gasteiger partial charge in [-0.25, -0.2) is 0 Å². The van der Waals surface area contributed by atoms with Gasteiger partial charge in [-0.15, -0.1) is 11.3 Å². The van der Waals surface area contributed by atoms with E-state index in [1.807, 2.05) is 42.6 Å². The van der Waals surface area contributed by atoms with E-state index in [0.29, 0.717) is 12.1 Å². The summed E-state index contributed by atoms with van der Waals surface area (Å²) in [6, 6.07) is 9.45. The Morgan fingerprint density at radius 1 is 1.20 bits per heavy atom. The number of thiophene rings is 1. The summed E-state index contributed by atoms with van der Waals surface area (Å²) in [5, 5.41) is 8.12. The number of carbonyl (C=O) groups excluding carboxylic acids is 1. The van der Waals surface area contributed by atoms with Gasteiger partial charge in [0.1, 0.15) is 0 Å². The fourth-order valence-corrected chi connectivity index (χ4v) is 2.54. The zero-order valence-electron chi connectivity index (χ0n) is 11.5. The predicted octanol–water partition coefficient (Wildman–Crippen LogP) is 2.16. The highest BCUT2D eigenvalue weighted by Crippen LogP contribution is 2.17. The van der Waals surface area contributed by atoms with Gasteiger partial charge in [-0.1, -0.05) is 17.7 Å². The predicted molar refractivity (Wildman–Crippen MR) is 84.0 cm³/mol. The molecule has 106 valence electrons. The number of nitrogens with one attached hydrogen (secondary N) is 2. The Kier molecular flexibility index (Phi) is 5.15. The summed E-state index contributed by atoms with van der Waals surface area (Å²) in [6.45, 7) is 4.05. The summed E-state index contributed by atoms with van der Waals surface area (Å²) in [7, 11) is 0. The van der Waals surface area contributed by atoms with Gasteiger partial charge in [0.05, 0.1) is 0 Å². The minimum absolute atomic E-state index is 0.0394. The van der Waals surface area contributed by atoms with Gasteiger partial charge < -0.3 is 16.4 Å². The van der Waals surface area contributed by atoms with Gasteiger partial charge in [0.25, 0.3) is 5.91 Å². The van der Waals surface area contributed by atoms with Gasteiger partial charge in [-0.2, -0.15) is 0 Å². The highest BCUT2D eigenvalue weighted by Gasteiger charge is 2.04. The first kappa shape index (κ1) is 14.6. The lowest BCUT2D eigenvalue weighted by Gasteiger charge is -2.07. The van der Waals surface area contributed by atoms with Crippen molar-refractivity contribution in [2.24, 2.45) is 0 Å². The molecule has 0 unspecified atom stereocenters. The molecule has 5 heteroatoms. The van der Waals surface area contributed by atoms with Crippen LogP contribution in [-0.4, -0.2) is 19.0 Å². The summed E-state index contributed by atoms with van der Waals surface area (Å²) in [4.78, 5) is 13.0. The smallest absolute Gasteiger partial charge is 0.251 e. The summed E-state index contributed by atoms with van der Waals surface area (Å²) >= 11 is 1.64. The van der Waals surface area contributed by atoms with Crippen molar-refractivity contribution in [1.82, 2.24) is 10.6 Å². The maximum absolute atomic E-state index is 11.8. The number of hydrogen-bond donors (Lipinski definition) is 3. The topological polar surface area (TPSA) is 67.2 Å². The van der Waals surface area contributed by atoms with Crippen molar-refractivity contribution in [3.05, 3.63) is 51.7 Å². The third kappa shape index (κ3) is 4.08. The Morgan fingerprint density at radius 3 is 2.60 bits per heavy atom. The van der Waals surface area contributed by atoms with Crippen molar-refractivity contribution in [2.75, 3.05) is 18.8 Å². The van der Waals surface area contributed by atoms with Crippen LogP contribution in [0.25, 0.3) is 0 Å². The van der Waals surface area contributed by atoms with Crippen LogP contribution in [0.15, 0.2) is 35.7 Å². The summed E-state index contributed by atoms with van der Waals surface area (Å²) in [6.07, 6.45) is 0. The van der Waals surface area contributed by atoms with E-state index < -0.39 is 0 Å². The number of amides is 1.